The summed E-state index contributed by atoms with van der Waals surface area (Å²) >= 11 is 0. The van der Waals surface area contributed by atoms with Gasteiger partial charge in [0.05, 0.1) is 0 Å². The summed E-state index contributed by atoms with van der Waals surface area (Å²) in [7, 11) is 0. The van der Waals surface area contributed by atoms with Gasteiger partial charge in [0.25, 0.3) is 0 Å². The topological polar surface area (TPSA) is 20.2 Å². The van der Waals surface area contributed by atoms with Crippen molar-refractivity contribution in [3.63, 3.8) is 0 Å². The molecule has 2 aliphatic carbocycles. The van der Waals surface area contributed by atoms with Gasteiger partial charge in [0, 0.05) is 6.61 Å². The quantitative estimate of drug-likeness (QED) is 0.796. The standard InChI is InChI=1S/C14H18O/c15-10-14(7-8-14)9-12-3-1-2-4-13(12)11-5-6-11/h1-4,11,15H,5-10H2. The van der Waals surface area contributed by atoms with Gasteiger partial charge in [-0.15, -0.1) is 0 Å². The molecule has 0 saturated heterocycles. The van der Waals surface area contributed by atoms with Crippen LogP contribution in [0.4, 0.5) is 0 Å². The van der Waals surface area contributed by atoms with Crippen LogP contribution < -0.4 is 0 Å². The highest BCUT2D eigenvalue weighted by molar-refractivity contribution is 5.34. The molecule has 0 bridgehead atoms. The molecule has 1 aromatic carbocycles. The molecule has 3 rings (SSSR count). The van der Waals surface area contributed by atoms with Crippen molar-refractivity contribution >= 4 is 0 Å². The summed E-state index contributed by atoms with van der Waals surface area (Å²) in [6.45, 7) is 0.367. The maximum atomic E-state index is 9.36. The predicted molar refractivity (Wildman–Crippen MR) is 60.9 cm³/mol. The Hall–Kier alpha value is -0.820. The van der Waals surface area contributed by atoms with Crippen molar-refractivity contribution in [3.05, 3.63) is 35.4 Å². The Morgan fingerprint density at radius 3 is 2.53 bits per heavy atom. The predicted octanol–water partition coefficient (Wildman–Crippen LogP) is 2.88. The smallest absolute Gasteiger partial charge is 0.0490 e. The summed E-state index contributed by atoms with van der Waals surface area (Å²) in [5, 5.41) is 9.36. The second-order valence-corrected chi connectivity index (χ2v) is 5.31. The number of rotatable bonds is 4. The van der Waals surface area contributed by atoms with Gasteiger partial charge in [-0.1, -0.05) is 24.3 Å². The lowest BCUT2D eigenvalue weighted by molar-refractivity contribution is 0.211. The largest absolute Gasteiger partial charge is 0.396 e. The minimum Gasteiger partial charge on any atom is -0.396 e. The normalized spacial score (nSPS) is 22.7. The van der Waals surface area contributed by atoms with Crippen molar-refractivity contribution in [1.82, 2.24) is 0 Å². The third-order valence-corrected chi connectivity index (χ3v) is 3.93. The van der Waals surface area contributed by atoms with Crippen LogP contribution in [0.3, 0.4) is 0 Å². The van der Waals surface area contributed by atoms with E-state index in [0.717, 1.165) is 12.3 Å². The highest BCUT2D eigenvalue weighted by Crippen LogP contribution is 2.50. The van der Waals surface area contributed by atoms with Crippen molar-refractivity contribution in [3.8, 4) is 0 Å². The Kier molecular flexibility index (Phi) is 2.10. The van der Waals surface area contributed by atoms with Crippen LogP contribution in [0.1, 0.15) is 42.7 Å². The zero-order chi connectivity index (χ0) is 10.3. The highest BCUT2D eigenvalue weighted by Gasteiger charge is 2.42. The monoisotopic (exact) mass is 202 g/mol. The van der Waals surface area contributed by atoms with Crippen LogP contribution in [-0.2, 0) is 6.42 Å². The second-order valence-electron chi connectivity index (χ2n) is 5.31. The van der Waals surface area contributed by atoms with Crippen LogP contribution in [0.15, 0.2) is 24.3 Å². The molecule has 1 aromatic rings. The summed E-state index contributed by atoms with van der Waals surface area (Å²) in [5.74, 6) is 0.829. The highest BCUT2D eigenvalue weighted by atomic mass is 16.3. The average Bonchev–Trinajstić information content (AvgIpc) is 3.14. The first-order valence-corrected chi connectivity index (χ1v) is 6.02. The van der Waals surface area contributed by atoms with Crippen molar-refractivity contribution in [1.29, 1.82) is 0 Å². The molecular formula is C14H18O. The summed E-state index contributed by atoms with van der Waals surface area (Å²) < 4.78 is 0. The van der Waals surface area contributed by atoms with Gasteiger partial charge in [-0.05, 0) is 54.6 Å². The van der Waals surface area contributed by atoms with E-state index in [-0.39, 0.29) is 5.41 Å². The molecule has 0 unspecified atom stereocenters. The Labute approximate surface area is 91.1 Å². The van der Waals surface area contributed by atoms with E-state index in [0.29, 0.717) is 6.61 Å². The van der Waals surface area contributed by atoms with Crippen molar-refractivity contribution in [2.75, 3.05) is 6.61 Å². The lowest BCUT2D eigenvalue weighted by Crippen LogP contribution is -2.11. The minimum absolute atomic E-state index is 0.255. The Morgan fingerprint density at radius 1 is 1.20 bits per heavy atom. The van der Waals surface area contributed by atoms with Gasteiger partial charge in [-0.25, -0.2) is 0 Å². The van der Waals surface area contributed by atoms with Crippen LogP contribution >= 0.6 is 0 Å². The molecule has 80 valence electrons. The van der Waals surface area contributed by atoms with Crippen LogP contribution in [0.25, 0.3) is 0 Å². The van der Waals surface area contributed by atoms with Crippen LogP contribution in [0.5, 0.6) is 0 Å². The minimum atomic E-state index is 0.255. The third-order valence-electron chi connectivity index (χ3n) is 3.93. The lowest BCUT2D eigenvalue weighted by Gasteiger charge is -2.14. The zero-order valence-electron chi connectivity index (χ0n) is 9.08. The van der Waals surface area contributed by atoms with E-state index < -0.39 is 0 Å². The molecule has 0 aliphatic heterocycles. The molecule has 0 aromatic heterocycles. The fourth-order valence-electron chi connectivity index (χ4n) is 2.46. The van der Waals surface area contributed by atoms with Crippen molar-refractivity contribution in [2.45, 2.75) is 38.0 Å². The second kappa shape index (κ2) is 3.34. The fourth-order valence-corrected chi connectivity index (χ4v) is 2.46. The first-order chi connectivity index (χ1) is 7.33. The van der Waals surface area contributed by atoms with Crippen LogP contribution in [0.2, 0.25) is 0 Å². The van der Waals surface area contributed by atoms with Gasteiger partial charge in [0.2, 0.25) is 0 Å². The first-order valence-electron chi connectivity index (χ1n) is 6.02. The van der Waals surface area contributed by atoms with E-state index in [9.17, 15) is 5.11 Å². The van der Waals surface area contributed by atoms with Gasteiger partial charge in [-0.2, -0.15) is 0 Å². The molecule has 0 radical (unpaired) electrons. The Morgan fingerprint density at radius 2 is 1.93 bits per heavy atom. The summed E-state index contributed by atoms with van der Waals surface area (Å²) in [5.41, 5.74) is 3.30. The van der Waals surface area contributed by atoms with E-state index in [2.05, 4.69) is 24.3 Å². The Balaban J connectivity index is 1.84. The van der Waals surface area contributed by atoms with Gasteiger partial charge in [0.15, 0.2) is 0 Å². The molecule has 2 saturated carbocycles. The van der Waals surface area contributed by atoms with Gasteiger partial charge >= 0.3 is 0 Å². The lowest BCUT2D eigenvalue weighted by atomic mass is 9.92. The van der Waals surface area contributed by atoms with Gasteiger partial charge in [-0.3, -0.25) is 0 Å². The van der Waals surface area contributed by atoms with E-state index in [1.807, 2.05) is 0 Å². The van der Waals surface area contributed by atoms with Gasteiger partial charge < -0.3 is 5.11 Å². The Bertz CT molecular complexity index is 361. The van der Waals surface area contributed by atoms with Crippen molar-refractivity contribution in [2.24, 2.45) is 5.41 Å². The molecule has 2 aliphatic rings. The molecule has 0 amide bonds. The third kappa shape index (κ3) is 1.81. The first kappa shape index (κ1) is 9.41. The molecule has 1 N–H and O–H groups in total. The molecule has 0 heterocycles. The maximum absolute atomic E-state index is 9.36. The van der Waals surface area contributed by atoms with Crippen LogP contribution in [-0.4, -0.2) is 11.7 Å². The molecule has 0 atom stereocenters. The van der Waals surface area contributed by atoms with Crippen LogP contribution in [0, 0.1) is 5.41 Å². The molecule has 1 nitrogen and oxygen atoms in total. The fraction of sp³-hybridized carbons (Fsp3) is 0.571. The number of aliphatic hydroxyl groups is 1. The summed E-state index contributed by atoms with van der Waals surface area (Å²) in [4.78, 5) is 0. The molecular weight excluding hydrogens is 184 g/mol. The van der Waals surface area contributed by atoms with E-state index in [4.69, 9.17) is 0 Å². The average molecular weight is 202 g/mol. The number of hydrogen-bond donors (Lipinski definition) is 1. The van der Waals surface area contributed by atoms with E-state index in [1.165, 1.54) is 31.2 Å². The molecule has 15 heavy (non-hydrogen) atoms. The van der Waals surface area contributed by atoms with E-state index in [1.54, 1.807) is 5.56 Å². The molecule has 1 heteroatoms. The number of benzene rings is 1. The van der Waals surface area contributed by atoms with E-state index >= 15 is 0 Å². The SMILES string of the molecule is OCC1(Cc2ccccc2C2CC2)CC1. The molecule has 2 fully saturated rings. The number of hydrogen-bond acceptors (Lipinski definition) is 1. The van der Waals surface area contributed by atoms with Gasteiger partial charge in [0.1, 0.15) is 0 Å². The molecule has 0 spiro atoms. The maximum Gasteiger partial charge on any atom is 0.0490 e. The summed E-state index contributed by atoms with van der Waals surface area (Å²) in [6, 6.07) is 8.81. The summed E-state index contributed by atoms with van der Waals surface area (Å²) in [6.07, 6.45) is 6.24. The van der Waals surface area contributed by atoms with Crippen molar-refractivity contribution < 1.29 is 5.11 Å². The number of aliphatic hydroxyl groups excluding tert-OH is 1. The zero-order valence-corrected chi connectivity index (χ0v) is 9.08.